The van der Waals surface area contributed by atoms with Gasteiger partial charge in [-0.25, -0.2) is 14.8 Å². The molecule has 0 saturated carbocycles. The van der Waals surface area contributed by atoms with Gasteiger partial charge >= 0.3 is 6.09 Å². The van der Waals surface area contributed by atoms with Crippen molar-refractivity contribution in [3.63, 3.8) is 0 Å². The van der Waals surface area contributed by atoms with E-state index in [9.17, 15) is 9.59 Å². The molecule has 2 N–H and O–H groups in total. The number of benzene rings is 6. The average molecular weight is 715 g/mol. The number of nitrogens with zero attached hydrogens (tertiary/aromatic N) is 2. The van der Waals surface area contributed by atoms with E-state index in [2.05, 4.69) is 78.2 Å². The van der Waals surface area contributed by atoms with Crippen LogP contribution in [0.5, 0.6) is 0 Å². The first-order valence-electron chi connectivity index (χ1n) is 16.9. The molecule has 1 aliphatic rings. The number of amides is 2. The molecule has 0 saturated heterocycles. The number of rotatable bonds is 7. The third-order valence-corrected chi connectivity index (χ3v) is 11.4. The van der Waals surface area contributed by atoms with E-state index < -0.39 is 6.09 Å². The van der Waals surface area contributed by atoms with Gasteiger partial charge in [-0.05, 0) is 114 Å². The first kappa shape index (κ1) is 31.8. The minimum absolute atomic E-state index is 0.0203. The van der Waals surface area contributed by atoms with Crippen LogP contribution in [0.3, 0.4) is 0 Å². The Labute approximate surface area is 307 Å². The van der Waals surface area contributed by atoms with Crippen LogP contribution < -0.4 is 10.6 Å². The van der Waals surface area contributed by atoms with Crippen LogP contribution in [-0.4, -0.2) is 28.6 Å². The van der Waals surface area contributed by atoms with E-state index >= 15 is 0 Å². The van der Waals surface area contributed by atoms with Crippen molar-refractivity contribution >= 4 is 66.5 Å². The van der Waals surface area contributed by atoms with E-state index in [0.29, 0.717) is 16.9 Å². The largest absolute Gasteiger partial charge is 0.448 e. The molecule has 8 aromatic rings. The maximum Gasteiger partial charge on any atom is 0.411 e. The summed E-state index contributed by atoms with van der Waals surface area (Å²) in [5.41, 5.74) is 11.6. The lowest BCUT2D eigenvalue weighted by Crippen LogP contribution is -2.18. The summed E-state index contributed by atoms with van der Waals surface area (Å²) < 4.78 is 7.94. The molecule has 0 unspecified atom stereocenters. The maximum absolute atomic E-state index is 13.1. The van der Waals surface area contributed by atoms with Crippen molar-refractivity contribution in [2.24, 2.45) is 0 Å². The fourth-order valence-electron chi connectivity index (χ4n) is 6.69. The predicted octanol–water partition coefficient (Wildman–Crippen LogP) is 11.2. The highest BCUT2D eigenvalue weighted by atomic mass is 32.1. The lowest BCUT2D eigenvalue weighted by molar-refractivity contribution is 0.102. The van der Waals surface area contributed by atoms with Crippen molar-refractivity contribution in [3.05, 3.63) is 156 Å². The van der Waals surface area contributed by atoms with E-state index in [0.717, 1.165) is 48.0 Å². The Bertz CT molecular complexity index is 2600. The van der Waals surface area contributed by atoms with Gasteiger partial charge in [0, 0.05) is 34.0 Å². The average Bonchev–Trinajstić information content (AvgIpc) is 3.88. The third kappa shape index (κ3) is 6.10. The quantitative estimate of drug-likeness (QED) is 0.171. The van der Waals surface area contributed by atoms with Gasteiger partial charge in [-0.15, -0.1) is 22.7 Å². The van der Waals surface area contributed by atoms with Crippen LogP contribution in [0.2, 0.25) is 0 Å². The molecule has 52 heavy (non-hydrogen) atoms. The highest BCUT2D eigenvalue weighted by molar-refractivity contribution is 7.22. The van der Waals surface area contributed by atoms with E-state index in [-0.39, 0.29) is 18.4 Å². The van der Waals surface area contributed by atoms with E-state index in [1.807, 2.05) is 48.5 Å². The molecule has 0 radical (unpaired) electrons. The van der Waals surface area contributed by atoms with E-state index in [4.69, 9.17) is 14.7 Å². The summed E-state index contributed by atoms with van der Waals surface area (Å²) in [6.07, 6.45) is -0.545. The number of anilines is 2. The summed E-state index contributed by atoms with van der Waals surface area (Å²) in [7, 11) is 0. The topological polar surface area (TPSA) is 93.2 Å². The van der Waals surface area contributed by atoms with Crippen molar-refractivity contribution in [1.29, 1.82) is 0 Å². The summed E-state index contributed by atoms with van der Waals surface area (Å²) in [5, 5.41) is 7.64. The number of hydrogen-bond acceptors (Lipinski definition) is 7. The molecule has 0 atom stereocenters. The van der Waals surface area contributed by atoms with Crippen LogP contribution in [0.1, 0.15) is 33.0 Å². The maximum atomic E-state index is 13.1. The SMILES string of the molecule is Cc1ccc2nc(-c3ccc4nc(-c5ccc(NC(=O)c6ccc(NC(=O)OCC7c8ccccc8-c8ccccc87)cc6)cc5)sc4c3)sc2c1. The van der Waals surface area contributed by atoms with Gasteiger partial charge in [-0.1, -0.05) is 54.6 Å². The normalized spacial score (nSPS) is 12.1. The summed E-state index contributed by atoms with van der Waals surface area (Å²) in [6.45, 7) is 2.32. The van der Waals surface area contributed by atoms with Crippen LogP contribution >= 0.6 is 22.7 Å². The smallest absolute Gasteiger partial charge is 0.411 e. The van der Waals surface area contributed by atoms with Crippen molar-refractivity contribution in [1.82, 2.24) is 9.97 Å². The summed E-state index contributed by atoms with van der Waals surface area (Å²) in [5.74, 6) is -0.272. The lowest BCUT2D eigenvalue weighted by Gasteiger charge is -2.14. The number of thiazole rings is 2. The van der Waals surface area contributed by atoms with Gasteiger partial charge in [0.1, 0.15) is 16.6 Å². The monoisotopic (exact) mass is 714 g/mol. The Balaban J connectivity index is 0.815. The second-order valence-corrected chi connectivity index (χ2v) is 14.8. The van der Waals surface area contributed by atoms with Crippen LogP contribution in [0, 0.1) is 6.92 Å². The highest BCUT2D eigenvalue weighted by Crippen LogP contribution is 2.44. The molecule has 2 heterocycles. The summed E-state index contributed by atoms with van der Waals surface area (Å²) in [4.78, 5) is 35.5. The Kier molecular flexibility index (Phi) is 8.06. The van der Waals surface area contributed by atoms with Crippen LogP contribution in [-0.2, 0) is 4.74 Å². The molecule has 2 aromatic heterocycles. The van der Waals surface area contributed by atoms with Crippen LogP contribution in [0.4, 0.5) is 16.2 Å². The lowest BCUT2D eigenvalue weighted by atomic mass is 9.98. The standard InChI is InChI=1S/C43H30N4O3S2/c1-25-10-20-36-38(22-25)51-42(47-36)28-15-21-37-39(23-28)52-41(46-37)27-13-18-29(19-14-27)44-40(48)26-11-16-30(17-12-26)45-43(49)50-24-35-33-8-4-2-6-31(33)32-7-3-5-9-34(32)35/h2-23,35H,24H2,1H3,(H,44,48)(H,45,49). The molecular formula is C43H30N4O3S2. The van der Waals surface area contributed by atoms with Gasteiger partial charge in [0.25, 0.3) is 5.91 Å². The van der Waals surface area contributed by atoms with Crippen molar-refractivity contribution in [3.8, 4) is 32.3 Å². The second kappa shape index (κ2) is 13.2. The van der Waals surface area contributed by atoms with Gasteiger partial charge in [-0.3, -0.25) is 10.1 Å². The fourth-order valence-corrected chi connectivity index (χ4v) is 8.76. The molecule has 1 aliphatic carbocycles. The van der Waals surface area contributed by atoms with Gasteiger partial charge in [0.15, 0.2) is 0 Å². The number of carbonyl (C=O) groups excluding carboxylic acids is 2. The van der Waals surface area contributed by atoms with Crippen LogP contribution in [0.15, 0.2) is 133 Å². The van der Waals surface area contributed by atoms with E-state index in [1.54, 1.807) is 46.9 Å². The molecule has 9 heteroatoms. The Hall–Kier alpha value is -6.16. The van der Waals surface area contributed by atoms with Gasteiger partial charge < -0.3 is 10.1 Å². The second-order valence-electron chi connectivity index (χ2n) is 12.8. The number of nitrogens with one attached hydrogen (secondary N) is 2. The number of hydrogen-bond donors (Lipinski definition) is 2. The summed E-state index contributed by atoms with van der Waals surface area (Å²) in [6, 6.07) is 43.5. The first-order valence-corrected chi connectivity index (χ1v) is 18.5. The number of aromatic nitrogens is 2. The third-order valence-electron chi connectivity index (χ3n) is 9.31. The van der Waals surface area contributed by atoms with Gasteiger partial charge in [-0.2, -0.15) is 0 Å². The zero-order chi connectivity index (χ0) is 35.2. The molecular weight excluding hydrogens is 685 g/mol. The first-order chi connectivity index (χ1) is 25.4. The zero-order valence-corrected chi connectivity index (χ0v) is 29.6. The highest BCUT2D eigenvalue weighted by Gasteiger charge is 2.29. The van der Waals surface area contributed by atoms with E-state index in [1.165, 1.54) is 21.4 Å². The predicted molar refractivity (Wildman–Crippen MR) is 211 cm³/mol. The van der Waals surface area contributed by atoms with Gasteiger partial charge in [0.05, 0.1) is 20.4 Å². The number of aryl methyl sites for hydroxylation is 1. The Morgan fingerprint density at radius 2 is 1.19 bits per heavy atom. The molecule has 0 fully saturated rings. The molecule has 252 valence electrons. The summed E-state index contributed by atoms with van der Waals surface area (Å²) >= 11 is 3.34. The minimum atomic E-state index is -0.545. The molecule has 0 aliphatic heterocycles. The molecule has 6 aromatic carbocycles. The molecule has 0 bridgehead atoms. The van der Waals surface area contributed by atoms with Gasteiger partial charge in [0.2, 0.25) is 0 Å². The molecule has 0 spiro atoms. The Morgan fingerprint density at radius 1 is 0.635 bits per heavy atom. The molecule has 9 rings (SSSR count). The van der Waals surface area contributed by atoms with Crippen molar-refractivity contribution < 1.29 is 14.3 Å². The van der Waals surface area contributed by atoms with Crippen molar-refractivity contribution in [2.45, 2.75) is 12.8 Å². The van der Waals surface area contributed by atoms with Crippen molar-refractivity contribution in [2.75, 3.05) is 17.2 Å². The Morgan fingerprint density at radius 3 is 1.88 bits per heavy atom. The van der Waals surface area contributed by atoms with Crippen LogP contribution in [0.25, 0.3) is 52.7 Å². The minimum Gasteiger partial charge on any atom is -0.448 e. The number of ether oxygens (including phenoxy) is 1. The number of carbonyl (C=O) groups is 2. The molecule has 7 nitrogen and oxygen atoms in total. The fraction of sp³-hybridized carbons (Fsp3) is 0.0698. The zero-order valence-electron chi connectivity index (χ0n) is 27.9. The number of fused-ring (bicyclic) bond motifs is 5. The molecule has 2 amide bonds.